The third kappa shape index (κ3) is 5.73. The Bertz CT molecular complexity index is 869. The predicted molar refractivity (Wildman–Crippen MR) is 105 cm³/mol. The Labute approximate surface area is 174 Å². The van der Waals surface area contributed by atoms with Gasteiger partial charge in [-0.3, -0.25) is 4.79 Å². The fraction of sp³-hybridized carbons (Fsp3) is 0.529. The first-order chi connectivity index (χ1) is 12.8. The number of hydrogen-bond acceptors (Lipinski definition) is 5. The smallest absolute Gasteiger partial charge is 0.410 e. The number of ether oxygens (including phenoxy) is 1. The second kappa shape index (κ2) is 8.44. The van der Waals surface area contributed by atoms with Gasteiger partial charge in [0.05, 0.1) is 22.3 Å². The number of carboxylic acids is 1. The Kier molecular flexibility index (Phi) is 6.86. The lowest BCUT2D eigenvalue weighted by atomic mass is 10.2. The van der Waals surface area contributed by atoms with Gasteiger partial charge in [0.25, 0.3) is 0 Å². The number of amides is 1. The van der Waals surface area contributed by atoms with Crippen molar-refractivity contribution in [3.8, 4) is 0 Å². The number of carbonyl (C=O) groups is 2. The Balaban J connectivity index is 2.19. The number of sulfonamides is 1. The van der Waals surface area contributed by atoms with Crippen LogP contribution in [-0.2, 0) is 25.3 Å². The summed E-state index contributed by atoms with van der Waals surface area (Å²) in [5.41, 5.74) is -0.361. The molecule has 1 amide bonds. The predicted octanol–water partition coefficient (Wildman–Crippen LogP) is 2.83. The highest BCUT2D eigenvalue weighted by atomic mass is 35.5. The van der Waals surface area contributed by atoms with Crippen LogP contribution in [0.2, 0.25) is 10.0 Å². The van der Waals surface area contributed by atoms with E-state index in [2.05, 4.69) is 0 Å². The molecule has 1 heterocycles. The number of aliphatic carboxylic acids is 1. The molecule has 28 heavy (non-hydrogen) atoms. The van der Waals surface area contributed by atoms with Crippen LogP contribution in [0.3, 0.4) is 0 Å². The summed E-state index contributed by atoms with van der Waals surface area (Å²) >= 11 is 11.8. The van der Waals surface area contributed by atoms with Crippen LogP contribution in [0.25, 0.3) is 0 Å². The van der Waals surface area contributed by atoms with Gasteiger partial charge in [0.15, 0.2) is 0 Å². The molecule has 0 bridgehead atoms. The molecule has 1 aliphatic heterocycles. The molecule has 0 saturated carbocycles. The molecule has 0 radical (unpaired) electrons. The van der Waals surface area contributed by atoms with Gasteiger partial charge in [0.2, 0.25) is 10.0 Å². The van der Waals surface area contributed by atoms with Gasteiger partial charge in [0, 0.05) is 13.1 Å². The lowest BCUT2D eigenvalue weighted by molar-refractivity contribution is -0.143. The first kappa shape index (κ1) is 22.7. The fourth-order valence-corrected chi connectivity index (χ4v) is 4.71. The van der Waals surface area contributed by atoms with Gasteiger partial charge < -0.3 is 14.7 Å². The van der Waals surface area contributed by atoms with Crippen molar-refractivity contribution < 1.29 is 27.9 Å². The first-order valence-electron chi connectivity index (χ1n) is 8.44. The second-order valence-electron chi connectivity index (χ2n) is 7.40. The fourth-order valence-electron chi connectivity index (χ4n) is 2.72. The average Bonchev–Trinajstić information content (AvgIpc) is 2.55. The van der Waals surface area contributed by atoms with Crippen molar-refractivity contribution in [3.63, 3.8) is 0 Å². The number of rotatable bonds is 4. The Morgan fingerprint density at radius 2 is 1.86 bits per heavy atom. The Morgan fingerprint density at radius 1 is 1.21 bits per heavy atom. The van der Waals surface area contributed by atoms with Crippen LogP contribution in [0.5, 0.6) is 0 Å². The Hall–Kier alpha value is -1.55. The second-order valence-corrected chi connectivity index (χ2v) is 10.1. The third-order valence-corrected chi connectivity index (χ3v) is 6.55. The van der Waals surface area contributed by atoms with Crippen LogP contribution in [0.15, 0.2) is 18.2 Å². The molecule has 11 heteroatoms. The quantitative estimate of drug-likeness (QED) is 0.752. The molecular weight excluding hydrogens is 431 g/mol. The number of halogens is 2. The van der Waals surface area contributed by atoms with Gasteiger partial charge in [-0.15, -0.1) is 0 Å². The number of hydrogen-bond donors (Lipinski definition) is 1. The molecule has 1 atom stereocenters. The standard InChI is InChI=1S/C17H22Cl2N2O6S/c1-17(2,3)27-16(24)20-6-7-21(14(9-20)15(22)23)28(25,26)10-11-4-5-12(18)13(19)8-11/h4-5,8,14H,6-7,9-10H2,1-3H3,(H,22,23). The van der Waals surface area contributed by atoms with E-state index in [4.69, 9.17) is 27.9 Å². The zero-order valence-electron chi connectivity index (χ0n) is 15.7. The molecule has 0 aliphatic carbocycles. The minimum atomic E-state index is -3.97. The molecule has 1 aliphatic rings. The number of nitrogens with zero attached hydrogens (tertiary/aromatic N) is 2. The molecule has 1 unspecified atom stereocenters. The summed E-state index contributed by atoms with van der Waals surface area (Å²) in [6.45, 7) is 4.65. The summed E-state index contributed by atoms with van der Waals surface area (Å²) in [5, 5.41) is 10.0. The topological polar surface area (TPSA) is 104 Å². The van der Waals surface area contributed by atoms with Gasteiger partial charge in [-0.1, -0.05) is 29.3 Å². The highest BCUT2D eigenvalue weighted by Crippen LogP contribution is 2.25. The van der Waals surface area contributed by atoms with Crippen molar-refractivity contribution in [2.45, 2.75) is 38.2 Å². The summed E-state index contributed by atoms with van der Waals surface area (Å²) in [6, 6.07) is 3.00. The van der Waals surface area contributed by atoms with Crippen molar-refractivity contribution in [1.82, 2.24) is 9.21 Å². The minimum absolute atomic E-state index is 0.0271. The van der Waals surface area contributed by atoms with E-state index >= 15 is 0 Å². The van der Waals surface area contributed by atoms with Crippen LogP contribution in [-0.4, -0.2) is 66.1 Å². The Morgan fingerprint density at radius 3 is 2.39 bits per heavy atom. The average molecular weight is 453 g/mol. The monoisotopic (exact) mass is 452 g/mol. The number of carboxylic acid groups (broad SMARTS) is 1. The van der Waals surface area contributed by atoms with Crippen molar-refractivity contribution in [2.75, 3.05) is 19.6 Å². The molecule has 156 valence electrons. The third-order valence-electron chi connectivity index (χ3n) is 3.96. The maximum Gasteiger partial charge on any atom is 0.410 e. The van der Waals surface area contributed by atoms with Gasteiger partial charge in [-0.25, -0.2) is 13.2 Å². The molecular formula is C17H22Cl2N2O6S. The van der Waals surface area contributed by atoms with E-state index in [9.17, 15) is 23.1 Å². The maximum atomic E-state index is 12.8. The highest BCUT2D eigenvalue weighted by Gasteiger charge is 2.41. The normalized spacial score (nSPS) is 18.8. The summed E-state index contributed by atoms with van der Waals surface area (Å²) in [7, 11) is -3.97. The number of piperazine rings is 1. The van der Waals surface area contributed by atoms with E-state index in [1.54, 1.807) is 20.8 Å². The van der Waals surface area contributed by atoms with Gasteiger partial charge in [-0.2, -0.15) is 4.31 Å². The molecule has 1 saturated heterocycles. The molecule has 0 spiro atoms. The SMILES string of the molecule is CC(C)(C)OC(=O)N1CCN(S(=O)(=O)Cc2ccc(Cl)c(Cl)c2)C(C(=O)O)C1. The molecule has 1 aromatic carbocycles. The number of carbonyl (C=O) groups excluding carboxylic acids is 1. The van der Waals surface area contributed by atoms with Gasteiger partial charge in [0.1, 0.15) is 11.6 Å². The van der Waals surface area contributed by atoms with Crippen molar-refractivity contribution in [2.24, 2.45) is 0 Å². The molecule has 8 nitrogen and oxygen atoms in total. The van der Waals surface area contributed by atoms with Crippen LogP contribution in [0.4, 0.5) is 4.79 Å². The largest absolute Gasteiger partial charge is 0.480 e. The lowest BCUT2D eigenvalue weighted by Gasteiger charge is -2.38. The summed E-state index contributed by atoms with van der Waals surface area (Å²) in [5.74, 6) is -1.77. The van der Waals surface area contributed by atoms with Crippen molar-refractivity contribution in [1.29, 1.82) is 0 Å². The van der Waals surface area contributed by atoms with E-state index < -0.39 is 39.5 Å². The molecule has 1 aromatic rings. The van der Waals surface area contributed by atoms with Crippen molar-refractivity contribution in [3.05, 3.63) is 33.8 Å². The van der Waals surface area contributed by atoms with Crippen LogP contribution < -0.4 is 0 Å². The lowest BCUT2D eigenvalue weighted by Crippen LogP contribution is -2.59. The van der Waals surface area contributed by atoms with Gasteiger partial charge >= 0.3 is 12.1 Å². The van der Waals surface area contributed by atoms with E-state index in [1.807, 2.05) is 0 Å². The summed E-state index contributed by atoms with van der Waals surface area (Å²) in [4.78, 5) is 25.1. The summed E-state index contributed by atoms with van der Waals surface area (Å²) in [6.07, 6.45) is -0.680. The first-order valence-corrected chi connectivity index (χ1v) is 10.8. The van der Waals surface area contributed by atoms with E-state index in [0.29, 0.717) is 5.56 Å². The minimum Gasteiger partial charge on any atom is -0.480 e. The number of benzene rings is 1. The van der Waals surface area contributed by atoms with E-state index in [1.165, 1.54) is 23.1 Å². The zero-order chi connectivity index (χ0) is 21.3. The highest BCUT2D eigenvalue weighted by molar-refractivity contribution is 7.88. The molecule has 1 fully saturated rings. The van der Waals surface area contributed by atoms with Crippen molar-refractivity contribution >= 4 is 45.3 Å². The van der Waals surface area contributed by atoms with Gasteiger partial charge in [-0.05, 0) is 38.5 Å². The van der Waals surface area contributed by atoms with Crippen LogP contribution >= 0.6 is 23.2 Å². The zero-order valence-corrected chi connectivity index (χ0v) is 18.0. The van der Waals surface area contributed by atoms with E-state index in [0.717, 1.165) is 4.31 Å². The molecule has 1 N–H and O–H groups in total. The molecule has 2 rings (SSSR count). The van der Waals surface area contributed by atoms with Crippen LogP contribution in [0, 0.1) is 0 Å². The van der Waals surface area contributed by atoms with E-state index in [-0.39, 0.29) is 29.7 Å². The summed E-state index contributed by atoms with van der Waals surface area (Å²) < 4.78 is 31.8. The van der Waals surface area contributed by atoms with Crippen LogP contribution in [0.1, 0.15) is 26.3 Å². The molecule has 0 aromatic heterocycles. The maximum absolute atomic E-state index is 12.8.